The predicted octanol–water partition coefficient (Wildman–Crippen LogP) is 3.71. The standard InChI is InChI=1S/C29H31F4N5O4/c1-36(25-9-8-18(28(40)41)13-26(25)42-2)11-4-5-19-14-20-22(6-3-7-24(20)38(19)17-29(31,32)33)35-23-10-12-37(15-21(23)30)16-27(34)39/h3,6-9,13-14,21,23,35H,10-12,15-17H2,1-2H3,(H2,34,39)(H,40,41)/t21-,23+/m0/s1. The van der Waals surface area contributed by atoms with Gasteiger partial charge < -0.3 is 30.4 Å². The Bertz CT molecular complexity index is 1530. The molecule has 1 fully saturated rings. The predicted molar refractivity (Wildman–Crippen MR) is 151 cm³/mol. The quantitative estimate of drug-likeness (QED) is 0.258. The van der Waals surface area contributed by atoms with E-state index in [2.05, 4.69) is 17.2 Å². The molecule has 0 radical (unpaired) electrons. The van der Waals surface area contributed by atoms with Crippen LogP contribution in [0.15, 0.2) is 42.5 Å². The van der Waals surface area contributed by atoms with Gasteiger partial charge in [-0.2, -0.15) is 13.2 Å². The molecule has 0 spiro atoms. The molecule has 9 nitrogen and oxygen atoms in total. The van der Waals surface area contributed by atoms with Crippen molar-refractivity contribution in [1.29, 1.82) is 0 Å². The van der Waals surface area contributed by atoms with Gasteiger partial charge >= 0.3 is 12.1 Å². The van der Waals surface area contributed by atoms with Crippen molar-refractivity contribution in [3.63, 3.8) is 0 Å². The summed E-state index contributed by atoms with van der Waals surface area (Å²) in [6, 6.07) is 10.2. The SMILES string of the molecule is COc1cc(C(=O)O)ccc1N(C)CC#Cc1cc2c(N[C@@H]3CCN(CC(N)=O)C[C@@H]3F)cccc2n1CC(F)(F)F. The number of alkyl halides is 4. The van der Waals surface area contributed by atoms with E-state index < -0.39 is 36.8 Å². The van der Waals surface area contributed by atoms with E-state index in [1.54, 1.807) is 47.2 Å². The number of hydrogen-bond donors (Lipinski definition) is 3. The number of aromatic nitrogens is 1. The summed E-state index contributed by atoms with van der Waals surface area (Å²) in [4.78, 5) is 25.8. The first-order chi connectivity index (χ1) is 19.9. The topological polar surface area (TPSA) is 113 Å². The first-order valence-corrected chi connectivity index (χ1v) is 13.1. The Morgan fingerprint density at radius 2 is 2.00 bits per heavy atom. The summed E-state index contributed by atoms with van der Waals surface area (Å²) in [5.41, 5.74) is 6.73. The number of halogens is 4. The number of rotatable bonds is 9. The molecule has 4 N–H and O–H groups in total. The normalized spacial score (nSPS) is 17.4. The Balaban J connectivity index is 1.60. The third-order valence-corrected chi connectivity index (χ3v) is 7.00. The van der Waals surface area contributed by atoms with Crippen LogP contribution >= 0.6 is 0 Å². The fourth-order valence-corrected chi connectivity index (χ4v) is 5.02. The van der Waals surface area contributed by atoms with Gasteiger partial charge in [0.25, 0.3) is 0 Å². The second-order valence-corrected chi connectivity index (χ2v) is 10.1. The van der Waals surface area contributed by atoms with Crippen LogP contribution in [0.3, 0.4) is 0 Å². The molecule has 2 atom stereocenters. The molecule has 0 unspecified atom stereocenters. The molecule has 1 aliphatic rings. The molecule has 0 saturated carbocycles. The van der Waals surface area contributed by atoms with Crippen LogP contribution in [0.5, 0.6) is 5.75 Å². The number of piperidine rings is 1. The van der Waals surface area contributed by atoms with Gasteiger partial charge in [-0.1, -0.05) is 12.0 Å². The van der Waals surface area contributed by atoms with E-state index >= 15 is 0 Å². The van der Waals surface area contributed by atoms with Gasteiger partial charge in [0.2, 0.25) is 5.91 Å². The highest BCUT2D eigenvalue weighted by Crippen LogP contribution is 2.32. The number of aromatic carboxylic acids is 1. The number of hydrogen-bond acceptors (Lipinski definition) is 6. The van der Waals surface area contributed by atoms with Crippen molar-refractivity contribution in [2.75, 3.05) is 50.6 Å². The highest BCUT2D eigenvalue weighted by atomic mass is 19.4. The van der Waals surface area contributed by atoms with Gasteiger partial charge in [-0.25, -0.2) is 9.18 Å². The summed E-state index contributed by atoms with van der Waals surface area (Å²) in [5.74, 6) is 4.40. The lowest BCUT2D eigenvalue weighted by molar-refractivity contribution is -0.140. The number of nitrogens with one attached hydrogen (secondary N) is 1. The van der Waals surface area contributed by atoms with Crippen molar-refractivity contribution in [2.24, 2.45) is 5.73 Å². The first kappa shape index (κ1) is 30.5. The second kappa shape index (κ2) is 12.6. The van der Waals surface area contributed by atoms with Crippen molar-refractivity contribution in [2.45, 2.75) is 31.4 Å². The third kappa shape index (κ3) is 7.25. The van der Waals surface area contributed by atoms with Crippen LogP contribution in [0.25, 0.3) is 10.9 Å². The summed E-state index contributed by atoms with van der Waals surface area (Å²) in [6.45, 7) is -0.739. The molecule has 3 aromatic rings. The summed E-state index contributed by atoms with van der Waals surface area (Å²) in [7, 11) is 3.10. The maximum absolute atomic E-state index is 15.0. The number of anilines is 2. The monoisotopic (exact) mass is 589 g/mol. The van der Waals surface area contributed by atoms with Gasteiger partial charge in [-0.3, -0.25) is 9.69 Å². The average molecular weight is 590 g/mol. The number of primary amides is 1. The highest BCUT2D eigenvalue weighted by molar-refractivity contribution is 5.94. The number of carboxylic acids is 1. The summed E-state index contributed by atoms with van der Waals surface area (Å²) in [5, 5.41) is 12.8. The number of benzene rings is 2. The van der Waals surface area contributed by atoms with E-state index in [1.807, 2.05) is 0 Å². The number of amides is 1. The van der Waals surface area contributed by atoms with Crippen LogP contribution < -0.4 is 20.7 Å². The molecule has 1 amide bonds. The number of methoxy groups -OCH3 is 1. The number of likely N-dealkylation sites (tertiary alicyclic amines) is 1. The Morgan fingerprint density at radius 3 is 2.64 bits per heavy atom. The lowest BCUT2D eigenvalue weighted by Crippen LogP contribution is -2.49. The fraction of sp³-hybridized carbons (Fsp3) is 0.379. The van der Waals surface area contributed by atoms with E-state index in [1.165, 1.54) is 19.2 Å². The number of carbonyl (C=O) groups excluding carboxylic acids is 1. The summed E-state index contributed by atoms with van der Waals surface area (Å²) in [6.07, 6.45) is -5.45. The third-order valence-electron chi connectivity index (χ3n) is 7.00. The van der Waals surface area contributed by atoms with Crippen molar-refractivity contribution >= 4 is 34.2 Å². The van der Waals surface area contributed by atoms with Crippen molar-refractivity contribution in [1.82, 2.24) is 9.47 Å². The molecule has 0 bridgehead atoms. The second-order valence-electron chi connectivity index (χ2n) is 10.1. The molecule has 4 rings (SSSR count). The molecule has 1 aromatic heterocycles. The number of carboxylic acid groups (broad SMARTS) is 1. The van der Waals surface area contributed by atoms with E-state index in [4.69, 9.17) is 10.5 Å². The Kier molecular flexibility index (Phi) is 9.16. The smallest absolute Gasteiger partial charge is 0.406 e. The lowest BCUT2D eigenvalue weighted by Gasteiger charge is -2.35. The first-order valence-electron chi connectivity index (χ1n) is 13.1. The number of nitrogens with two attached hydrogens (primary N) is 1. The lowest BCUT2D eigenvalue weighted by atomic mass is 10.0. The molecule has 1 saturated heterocycles. The Hall–Kier alpha value is -4.44. The molecule has 0 aliphatic carbocycles. The molecule has 224 valence electrons. The van der Waals surface area contributed by atoms with Crippen LogP contribution in [0.4, 0.5) is 28.9 Å². The van der Waals surface area contributed by atoms with Crippen LogP contribution in [-0.4, -0.2) is 85.2 Å². The number of fused-ring (bicyclic) bond motifs is 1. The Labute approximate surface area is 239 Å². The van der Waals surface area contributed by atoms with Gasteiger partial charge in [-0.05, 0) is 48.7 Å². The Morgan fingerprint density at radius 1 is 1.24 bits per heavy atom. The van der Waals surface area contributed by atoms with E-state index in [0.717, 1.165) is 4.57 Å². The average Bonchev–Trinajstić information content (AvgIpc) is 3.25. The van der Waals surface area contributed by atoms with E-state index in [9.17, 15) is 32.3 Å². The number of carbonyl (C=O) groups is 2. The molecule has 13 heteroatoms. The molecule has 2 heterocycles. The van der Waals surface area contributed by atoms with Crippen molar-refractivity contribution < 1.29 is 37.0 Å². The zero-order valence-electron chi connectivity index (χ0n) is 23.0. The molecular weight excluding hydrogens is 558 g/mol. The van der Waals surface area contributed by atoms with Gasteiger partial charge in [0.1, 0.15) is 18.5 Å². The van der Waals surface area contributed by atoms with Crippen LogP contribution in [-0.2, 0) is 11.3 Å². The fourth-order valence-electron chi connectivity index (χ4n) is 5.02. The largest absolute Gasteiger partial charge is 0.495 e. The van der Waals surface area contributed by atoms with Crippen molar-refractivity contribution in [3.05, 3.63) is 53.7 Å². The van der Waals surface area contributed by atoms with Crippen LogP contribution in [0.1, 0.15) is 22.5 Å². The van der Waals surface area contributed by atoms with Gasteiger partial charge in [0.15, 0.2) is 0 Å². The summed E-state index contributed by atoms with van der Waals surface area (Å²) >= 11 is 0. The van der Waals surface area contributed by atoms with Gasteiger partial charge in [-0.15, -0.1) is 0 Å². The van der Waals surface area contributed by atoms with Crippen molar-refractivity contribution in [3.8, 4) is 17.6 Å². The zero-order chi connectivity index (χ0) is 30.6. The summed E-state index contributed by atoms with van der Waals surface area (Å²) < 4.78 is 62.1. The van der Waals surface area contributed by atoms with E-state index in [0.29, 0.717) is 41.0 Å². The number of nitrogens with zero attached hydrogens (tertiary/aromatic N) is 3. The van der Waals surface area contributed by atoms with Crippen LogP contribution in [0.2, 0.25) is 0 Å². The minimum atomic E-state index is -4.51. The van der Waals surface area contributed by atoms with Crippen LogP contribution in [0, 0.1) is 11.8 Å². The van der Waals surface area contributed by atoms with Gasteiger partial charge in [0.05, 0.1) is 48.7 Å². The zero-order valence-corrected chi connectivity index (χ0v) is 23.0. The minimum absolute atomic E-state index is 0.0136. The van der Waals surface area contributed by atoms with Gasteiger partial charge in [0, 0.05) is 31.2 Å². The molecule has 2 aromatic carbocycles. The maximum Gasteiger partial charge on any atom is 0.406 e. The number of ether oxygens (including phenoxy) is 1. The molecular formula is C29H31F4N5O4. The molecule has 1 aliphatic heterocycles. The maximum atomic E-state index is 15.0. The van der Waals surface area contributed by atoms with E-state index in [-0.39, 0.29) is 30.9 Å². The molecule has 42 heavy (non-hydrogen) atoms. The highest BCUT2D eigenvalue weighted by Gasteiger charge is 2.32. The minimum Gasteiger partial charge on any atom is -0.495 e.